The maximum Gasteiger partial charge on any atom is 0.339 e. The molecule has 2 rings (SSSR count). The van der Waals surface area contributed by atoms with E-state index in [9.17, 15) is 14.7 Å². The monoisotopic (exact) mass is 284 g/mol. The highest BCUT2D eigenvalue weighted by molar-refractivity contribution is 6.32. The molecule has 0 bridgehead atoms. The van der Waals surface area contributed by atoms with Crippen LogP contribution in [0.5, 0.6) is 0 Å². The standard InChI is InChI=1S/C15H17BN2O3/c1-8-6-10(16)4-5-12(8)17-13-9(2)14(19)18(3)7-11(13)15(20)21/h4-7,17H,16H2,1-3H3,(H,20,21). The minimum atomic E-state index is -1.07. The quantitative estimate of drug-likeness (QED) is 0.814. The summed E-state index contributed by atoms with van der Waals surface area (Å²) in [5.74, 6) is -1.07. The van der Waals surface area contributed by atoms with Gasteiger partial charge in [0.15, 0.2) is 0 Å². The van der Waals surface area contributed by atoms with Gasteiger partial charge in [0.1, 0.15) is 7.85 Å². The van der Waals surface area contributed by atoms with Crippen LogP contribution in [0.4, 0.5) is 11.4 Å². The number of nitrogens with one attached hydrogen (secondary N) is 1. The Bertz CT molecular complexity index is 781. The molecule has 0 saturated heterocycles. The second-order valence-electron chi connectivity index (χ2n) is 5.21. The third-order valence-corrected chi connectivity index (χ3v) is 3.48. The van der Waals surface area contributed by atoms with Crippen LogP contribution in [-0.2, 0) is 7.05 Å². The number of pyridine rings is 1. The molecule has 0 atom stereocenters. The zero-order valence-electron chi connectivity index (χ0n) is 12.5. The molecule has 2 N–H and O–H groups in total. The zero-order valence-corrected chi connectivity index (χ0v) is 12.5. The van der Waals surface area contributed by atoms with Gasteiger partial charge < -0.3 is 15.0 Å². The Kier molecular flexibility index (Phi) is 3.89. The van der Waals surface area contributed by atoms with Crippen molar-refractivity contribution in [1.82, 2.24) is 4.57 Å². The predicted octanol–water partition coefficient (Wildman–Crippen LogP) is 0.702. The number of aryl methyl sites for hydroxylation is 2. The summed E-state index contributed by atoms with van der Waals surface area (Å²) in [6, 6.07) is 5.82. The average Bonchev–Trinajstić information content (AvgIpc) is 2.41. The van der Waals surface area contributed by atoms with Gasteiger partial charge in [-0.3, -0.25) is 4.79 Å². The molecular weight excluding hydrogens is 267 g/mol. The van der Waals surface area contributed by atoms with Gasteiger partial charge in [0, 0.05) is 24.5 Å². The number of carboxylic acid groups (broad SMARTS) is 1. The smallest absolute Gasteiger partial charge is 0.339 e. The molecule has 0 aliphatic carbocycles. The lowest BCUT2D eigenvalue weighted by Crippen LogP contribution is -2.23. The Morgan fingerprint density at radius 2 is 2.00 bits per heavy atom. The van der Waals surface area contributed by atoms with Crippen LogP contribution in [-0.4, -0.2) is 23.5 Å². The van der Waals surface area contributed by atoms with Crippen LogP contribution in [0, 0.1) is 13.8 Å². The summed E-state index contributed by atoms with van der Waals surface area (Å²) in [5, 5.41) is 12.4. The van der Waals surface area contributed by atoms with Crippen molar-refractivity contribution in [3.63, 3.8) is 0 Å². The van der Waals surface area contributed by atoms with Gasteiger partial charge in [-0.15, -0.1) is 0 Å². The first-order valence-electron chi connectivity index (χ1n) is 6.59. The number of aromatic carboxylic acids is 1. The lowest BCUT2D eigenvalue weighted by molar-refractivity contribution is 0.0697. The molecule has 6 heteroatoms. The normalized spacial score (nSPS) is 10.4. The number of nitrogens with zero attached hydrogens (tertiary/aromatic N) is 1. The van der Waals surface area contributed by atoms with E-state index in [1.807, 2.05) is 33.0 Å². The second-order valence-corrected chi connectivity index (χ2v) is 5.21. The van der Waals surface area contributed by atoms with Crippen molar-refractivity contribution in [2.45, 2.75) is 13.8 Å². The number of hydrogen-bond acceptors (Lipinski definition) is 3. The first kappa shape index (κ1) is 14.9. The van der Waals surface area contributed by atoms with Gasteiger partial charge in [-0.05, 0) is 25.5 Å². The zero-order chi connectivity index (χ0) is 15.7. The third-order valence-electron chi connectivity index (χ3n) is 3.48. The molecule has 0 radical (unpaired) electrons. The molecule has 1 heterocycles. The van der Waals surface area contributed by atoms with Crippen molar-refractivity contribution in [2.24, 2.45) is 7.05 Å². The van der Waals surface area contributed by atoms with E-state index in [2.05, 4.69) is 5.32 Å². The van der Waals surface area contributed by atoms with Crippen molar-refractivity contribution >= 4 is 30.7 Å². The number of hydrogen-bond donors (Lipinski definition) is 2. The highest BCUT2D eigenvalue weighted by atomic mass is 16.4. The molecule has 0 spiro atoms. The summed E-state index contributed by atoms with van der Waals surface area (Å²) in [6.45, 7) is 3.56. The van der Waals surface area contributed by atoms with Gasteiger partial charge >= 0.3 is 5.97 Å². The molecule has 2 aromatic rings. The largest absolute Gasteiger partial charge is 0.478 e. The SMILES string of the molecule is Bc1ccc(Nc2c(C(=O)O)cn(C)c(=O)c2C)c(C)c1. The molecule has 0 saturated carbocycles. The number of anilines is 2. The molecule has 108 valence electrons. The van der Waals surface area contributed by atoms with Crippen LogP contribution in [0.25, 0.3) is 0 Å². The van der Waals surface area contributed by atoms with Crippen molar-refractivity contribution in [1.29, 1.82) is 0 Å². The van der Waals surface area contributed by atoms with Gasteiger partial charge in [-0.25, -0.2) is 4.79 Å². The Morgan fingerprint density at radius 1 is 1.33 bits per heavy atom. The van der Waals surface area contributed by atoms with Crippen molar-refractivity contribution in [2.75, 3.05) is 5.32 Å². The number of carboxylic acids is 1. The third kappa shape index (κ3) is 2.84. The molecule has 1 aromatic heterocycles. The van der Waals surface area contributed by atoms with E-state index in [1.165, 1.54) is 10.8 Å². The summed E-state index contributed by atoms with van der Waals surface area (Å²) in [7, 11) is 3.53. The van der Waals surface area contributed by atoms with E-state index in [-0.39, 0.29) is 11.1 Å². The van der Waals surface area contributed by atoms with Crippen molar-refractivity contribution in [3.05, 3.63) is 51.4 Å². The number of benzene rings is 1. The van der Waals surface area contributed by atoms with Gasteiger partial charge in [0.2, 0.25) is 0 Å². The van der Waals surface area contributed by atoms with Crippen LogP contribution >= 0.6 is 0 Å². The van der Waals surface area contributed by atoms with Crippen LogP contribution in [0.2, 0.25) is 0 Å². The maximum absolute atomic E-state index is 12.0. The Balaban J connectivity index is 2.60. The van der Waals surface area contributed by atoms with Crippen LogP contribution in [0.15, 0.2) is 29.2 Å². The first-order chi connectivity index (χ1) is 9.81. The molecular formula is C15H17BN2O3. The maximum atomic E-state index is 12.0. The van der Waals surface area contributed by atoms with E-state index >= 15 is 0 Å². The fraction of sp³-hybridized carbons (Fsp3) is 0.200. The van der Waals surface area contributed by atoms with E-state index in [4.69, 9.17) is 0 Å². The minimum absolute atomic E-state index is 0.0783. The van der Waals surface area contributed by atoms with Gasteiger partial charge in [-0.2, -0.15) is 0 Å². The summed E-state index contributed by atoms with van der Waals surface area (Å²) < 4.78 is 1.28. The summed E-state index contributed by atoms with van der Waals surface area (Å²) in [5.41, 5.74) is 3.50. The first-order valence-corrected chi connectivity index (χ1v) is 6.59. The lowest BCUT2D eigenvalue weighted by Gasteiger charge is -2.15. The van der Waals surface area contributed by atoms with E-state index in [0.29, 0.717) is 11.3 Å². The molecule has 0 aliphatic rings. The van der Waals surface area contributed by atoms with E-state index in [1.54, 1.807) is 14.0 Å². The van der Waals surface area contributed by atoms with Gasteiger partial charge in [0.25, 0.3) is 5.56 Å². The molecule has 0 unspecified atom stereocenters. The van der Waals surface area contributed by atoms with Gasteiger partial charge in [-0.1, -0.05) is 17.6 Å². The molecule has 0 fully saturated rings. The summed E-state index contributed by atoms with van der Waals surface area (Å²) >= 11 is 0. The topological polar surface area (TPSA) is 71.3 Å². The van der Waals surface area contributed by atoms with Crippen molar-refractivity contribution in [3.8, 4) is 0 Å². The predicted molar refractivity (Wildman–Crippen MR) is 86.0 cm³/mol. The fourth-order valence-corrected chi connectivity index (χ4v) is 2.30. The van der Waals surface area contributed by atoms with E-state index < -0.39 is 5.97 Å². The van der Waals surface area contributed by atoms with Crippen LogP contribution in [0.1, 0.15) is 21.5 Å². The van der Waals surface area contributed by atoms with Crippen LogP contribution in [0.3, 0.4) is 0 Å². The number of rotatable bonds is 3. The highest BCUT2D eigenvalue weighted by Crippen LogP contribution is 2.24. The average molecular weight is 284 g/mol. The Hall–Kier alpha value is -2.50. The Labute approximate surface area is 123 Å². The molecule has 1 aromatic carbocycles. The van der Waals surface area contributed by atoms with Crippen molar-refractivity contribution < 1.29 is 9.90 Å². The fourth-order valence-electron chi connectivity index (χ4n) is 2.30. The van der Waals surface area contributed by atoms with Gasteiger partial charge in [0.05, 0.1) is 11.3 Å². The second kappa shape index (κ2) is 5.48. The summed E-state index contributed by atoms with van der Waals surface area (Å²) in [6.07, 6.45) is 1.34. The highest BCUT2D eigenvalue weighted by Gasteiger charge is 2.17. The minimum Gasteiger partial charge on any atom is -0.478 e. The molecule has 5 nitrogen and oxygen atoms in total. The molecule has 0 amide bonds. The molecule has 21 heavy (non-hydrogen) atoms. The molecule has 0 aliphatic heterocycles. The van der Waals surface area contributed by atoms with E-state index in [0.717, 1.165) is 16.7 Å². The number of aromatic nitrogens is 1. The Morgan fingerprint density at radius 3 is 2.57 bits per heavy atom. The number of carbonyl (C=O) groups is 1. The summed E-state index contributed by atoms with van der Waals surface area (Å²) in [4.78, 5) is 23.4. The van der Waals surface area contributed by atoms with Crippen LogP contribution < -0.4 is 16.3 Å². The lowest BCUT2D eigenvalue weighted by atomic mass is 9.94.